The molecule has 0 unspecified atom stereocenters. The van der Waals surface area contributed by atoms with Crippen LogP contribution in [0, 0.1) is 12.7 Å². The van der Waals surface area contributed by atoms with Crippen LogP contribution >= 0.6 is 0 Å². The number of piperazine rings is 1. The lowest BCUT2D eigenvalue weighted by Crippen LogP contribution is -2.45. The van der Waals surface area contributed by atoms with Gasteiger partial charge in [-0.1, -0.05) is 13.0 Å². The number of nitrogens with zero attached hydrogens (tertiary/aromatic N) is 6. The predicted octanol–water partition coefficient (Wildman–Crippen LogP) is 3.02. The van der Waals surface area contributed by atoms with Crippen molar-refractivity contribution < 1.29 is 9.18 Å². The summed E-state index contributed by atoms with van der Waals surface area (Å²) in [7, 11) is 2.10. The number of anilines is 4. The minimum absolute atomic E-state index is 0.126. The lowest BCUT2D eigenvalue weighted by Gasteiger charge is -2.32. The fraction of sp³-hybridized carbons (Fsp3) is 0.348. The van der Waals surface area contributed by atoms with Crippen molar-refractivity contribution in [1.29, 1.82) is 0 Å². The average Bonchev–Trinajstić information content (AvgIpc) is 2.81. The van der Waals surface area contributed by atoms with E-state index >= 15 is 0 Å². The molecule has 1 saturated heterocycles. The SMILES string of the molecule is CCc1nc(Nc2ccc(C(=O)Nc3ccc(C)cc3F)cn2)nc(N2CCN(C)CC2)n1. The van der Waals surface area contributed by atoms with Gasteiger partial charge >= 0.3 is 0 Å². The fourth-order valence-corrected chi connectivity index (χ4v) is 3.40. The number of aromatic nitrogens is 4. The topological polar surface area (TPSA) is 99.2 Å². The quantitative estimate of drug-likeness (QED) is 0.591. The van der Waals surface area contributed by atoms with Gasteiger partial charge in [-0.3, -0.25) is 4.79 Å². The van der Waals surface area contributed by atoms with Crippen molar-refractivity contribution in [3.8, 4) is 0 Å². The van der Waals surface area contributed by atoms with Gasteiger partial charge < -0.3 is 20.4 Å². The highest BCUT2D eigenvalue weighted by Crippen LogP contribution is 2.19. The van der Waals surface area contributed by atoms with Crippen LogP contribution in [-0.2, 0) is 6.42 Å². The molecule has 172 valence electrons. The van der Waals surface area contributed by atoms with Crippen molar-refractivity contribution in [1.82, 2.24) is 24.8 Å². The Morgan fingerprint density at radius 3 is 2.55 bits per heavy atom. The first-order chi connectivity index (χ1) is 15.9. The third kappa shape index (κ3) is 5.58. The minimum atomic E-state index is -0.479. The summed E-state index contributed by atoms with van der Waals surface area (Å²) >= 11 is 0. The summed E-state index contributed by atoms with van der Waals surface area (Å²) in [6.07, 6.45) is 2.10. The van der Waals surface area contributed by atoms with E-state index in [1.165, 1.54) is 18.3 Å². The summed E-state index contributed by atoms with van der Waals surface area (Å²) in [5.74, 6) is 1.31. The van der Waals surface area contributed by atoms with Gasteiger partial charge in [0.2, 0.25) is 11.9 Å². The van der Waals surface area contributed by atoms with Gasteiger partial charge in [-0.2, -0.15) is 15.0 Å². The van der Waals surface area contributed by atoms with Crippen LogP contribution in [0.15, 0.2) is 36.5 Å². The third-order valence-electron chi connectivity index (χ3n) is 5.41. The van der Waals surface area contributed by atoms with Gasteiger partial charge in [-0.15, -0.1) is 0 Å². The Hall–Kier alpha value is -3.66. The number of pyridine rings is 1. The monoisotopic (exact) mass is 450 g/mol. The number of nitrogens with one attached hydrogen (secondary N) is 2. The molecule has 0 saturated carbocycles. The summed E-state index contributed by atoms with van der Waals surface area (Å²) in [6.45, 7) is 7.39. The maximum absolute atomic E-state index is 14.0. The van der Waals surface area contributed by atoms with Gasteiger partial charge in [-0.05, 0) is 43.8 Å². The van der Waals surface area contributed by atoms with E-state index in [2.05, 4.69) is 47.4 Å². The Balaban J connectivity index is 1.46. The first kappa shape index (κ1) is 22.5. The van der Waals surface area contributed by atoms with E-state index in [9.17, 15) is 9.18 Å². The summed E-state index contributed by atoms with van der Waals surface area (Å²) in [5, 5.41) is 5.66. The van der Waals surface area contributed by atoms with Crippen LogP contribution in [0.1, 0.15) is 28.7 Å². The molecule has 0 aliphatic carbocycles. The van der Waals surface area contributed by atoms with Crippen molar-refractivity contribution >= 4 is 29.3 Å². The Labute approximate surface area is 192 Å². The molecule has 1 fully saturated rings. The highest BCUT2D eigenvalue weighted by molar-refractivity contribution is 6.04. The molecule has 0 bridgehead atoms. The van der Waals surface area contributed by atoms with Gasteiger partial charge in [0.15, 0.2) is 0 Å². The van der Waals surface area contributed by atoms with E-state index < -0.39 is 11.7 Å². The molecule has 10 heteroatoms. The Morgan fingerprint density at radius 1 is 1.09 bits per heavy atom. The summed E-state index contributed by atoms with van der Waals surface area (Å²) in [5.41, 5.74) is 1.22. The number of aryl methyl sites for hydroxylation is 2. The number of likely N-dealkylation sites (N-methyl/N-ethyl adjacent to an activating group) is 1. The number of hydrogen-bond donors (Lipinski definition) is 2. The zero-order chi connectivity index (χ0) is 23.4. The summed E-state index contributed by atoms with van der Waals surface area (Å²) in [6, 6.07) is 7.91. The van der Waals surface area contributed by atoms with Crippen LogP contribution in [0.25, 0.3) is 0 Å². The van der Waals surface area contributed by atoms with Gasteiger partial charge in [0.25, 0.3) is 5.91 Å². The highest BCUT2D eigenvalue weighted by atomic mass is 19.1. The first-order valence-electron chi connectivity index (χ1n) is 10.9. The van der Waals surface area contributed by atoms with E-state index in [1.807, 2.05) is 6.92 Å². The van der Waals surface area contributed by atoms with Crippen molar-refractivity contribution in [2.24, 2.45) is 0 Å². The molecule has 33 heavy (non-hydrogen) atoms. The number of amides is 1. The van der Waals surface area contributed by atoms with Crippen molar-refractivity contribution in [2.45, 2.75) is 20.3 Å². The molecule has 4 rings (SSSR count). The van der Waals surface area contributed by atoms with E-state index in [0.717, 1.165) is 31.7 Å². The number of carbonyl (C=O) groups excluding carboxylic acids is 1. The third-order valence-corrected chi connectivity index (χ3v) is 5.41. The molecule has 1 amide bonds. The fourth-order valence-electron chi connectivity index (χ4n) is 3.40. The number of carbonyl (C=O) groups is 1. The van der Waals surface area contributed by atoms with Crippen LogP contribution in [0.3, 0.4) is 0 Å². The van der Waals surface area contributed by atoms with Crippen LogP contribution in [0.2, 0.25) is 0 Å². The maximum atomic E-state index is 14.0. The van der Waals surface area contributed by atoms with Gasteiger partial charge in [0.1, 0.15) is 17.5 Å². The van der Waals surface area contributed by atoms with Crippen LogP contribution in [0.4, 0.5) is 27.8 Å². The molecular formula is C23H27FN8O. The molecule has 1 aliphatic heterocycles. The molecule has 0 spiro atoms. The standard InChI is InChI=1S/C23H27FN8O/c1-4-19-27-22(30-23(29-19)32-11-9-31(3)10-12-32)28-20-8-6-16(14-25-20)21(33)26-18-7-5-15(2)13-17(18)24/h5-8,13-14H,4,9-12H2,1-3H3,(H,26,33)(H,25,27,28,29,30). The molecule has 2 N–H and O–H groups in total. The molecule has 1 aromatic carbocycles. The van der Waals surface area contributed by atoms with E-state index in [4.69, 9.17) is 0 Å². The molecule has 0 radical (unpaired) electrons. The van der Waals surface area contributed by atoms with E-state index in [-0.39, 0.29) is 5.69 Å². The number of halogens is 1. The van der Waals surface area contributed by atoms with Crippen molar-refractivity contribution in [3.05, 3.63) is 59.3 Å². The average molecular weight is 451 g/mol. The predicted molar refractivity (Wildman–Crippen MR) is 126 cm³/mol. The normalized spacial score (nSPS) is 14.2. The molecule has 0 atom stereocenters. The number of rotatable bonds is 6. The lowest BCUT2D eigenvalue weighted by molar-refractivity contribution is 0.102. The van der Waals surface area contributed by atoms with E-state index in [1.54, 1.807) is 25.1 Å². The second-order valence-corrected chi connectivity index (χ2v) is 8.01. The second-order valence-electron chi connectivity index (χ2n) is 8.01. The largest absolute Gasteiger partial charge is 0.338 e. The molecule has 2 aromatic heterocycles. The smallest absolute Gasteiger partial charge is 0.257 e. The van der Waals surface area contributed by atoms with Gasteiger partial charge in [-0.25, -0.2) is 9.37 Å². The maximum Gasteiger partial charge on any atom is 0.257 e. The van der Waals surface area contributed by atoms with E-state index in [0.29, 0.717) is 35.5 Å². The van der Waals surface area contributed by atoms with Crippen LogP contribution in [0.5, 0.6) is 0 Å². The molecule has 3 heterocycles. The summed E-state index contributed by atoms with van der Waals surface area (Å²) in [4.78, 5) is 34.8. The Bertz CT molecular complexity index is 1130. The first-order valence-corrected chi connectivity index (χ1v) is 10.9. The van der Waals surface area contributed by atoms with Crippen molar-refractivity contribution in [3.63, 3.8) is 0 Å². The van der Waals surface area contributed by atoms with Crippen molar-refractivity contribution in [2.75, 3.05) is 48.8 Å². The molecular weight excluding hydrogens is 423 g/mol. The summed E-state index contributed by atoms with van der Waals surface area (Å²) < 4.78 is 14.0. The van der Waals surface area contributed by atoms with Gasteiger partial charge in [0.05, 0.1) is 11.3 Å². The van der Waals surface area contributed by atoms with Crippen LogP contribution < -0.4 is 15.5 Å². The second kappa shape index (κ2) is 9.86. The minimum Gasteiger partial charge on any atom is -0.338 e. The van der Waals surface area contributed by atoms with Crippen LogP contribution in [-0.4, -0.2) is 64.0 Å². The Morgan fingerprint density at radius 2 is 1.88 bits per heavy atom. The molecule has 9 nitrogen and oxygen atoms in total. The lowest BCUT2D eigenvalue weighted by atomic mass is 10.2. The zero-order valence-electron chi connectivity index (χ0n) is 19.0. The molecule has 3 aromatic rings. The number of hydrogen-bond acceptors (Lipinski definition) is 8. The highest BCUT2D eigenvalue weighted by Gasteiger charge is 2.18. The molecule has 1 aliphatic rings. The Kier molecular flexibility index (Phi) is 6.74. The number of benzene rings is 1. The van der Waals surface area contributed by atoms with Gasteiger partial charge in [0, 0.05) is 38.8 Å². The zero-order valence-corrected chi connectivity index (χ0v) is 19.0.